The van der Waals surface area contributed by atoms with Crippen LogP contribution in [-0.2, 0) is 6.54 Å². The topological polar surface area (TPSA) is 59.2 Å². The van der Waals surface area contributed by atoms with E-state index in [0.717, 1.165) is 8.79 Å². The van der Waals surface area contributed by atoms with Crippen molar-refractivity contribution in [2.24, 2.45) is 5.73 Å². The van der Waals surface area contributed by atoms with Crippen LogP contribution in [-0.4, -0.2) is 17.9 Å². The Morgan fingerprint density at radius 1 is 1.50 bits per heavy atom. The normalized spacial score (nSPS) is 10.4. The Balaban J connectivity index is 2.25. The molecule has 0 bridgehead atoms. The van der Waals surface area contributed by atoms with Crippen LogP contribution in [0.15, 0.2) is 34.2 Å². The quantitative estimate of drug-likeness (QED) is 0.943. The third kappa shape index (κ3) is 2.77. The van der Waals surface area contributed by atoms with Crippen molar-refractivity contribution in [2.75, 3.05) is 11.9 Å². The Morgan fingerprint density at radius 2 is 2.28 bits per heavy atom. The number of halogens is 1. The minimum Gasteiger partial charge on any atom is -0.325 e. The summed E-state index contributed by atoms with van der Waals surface area (Å²) >= 11 is 4.89. The molecule has 2 heterocycles. The maximum Gasteiger partial charge on any atom is 0.258 e. The van der Waals surface area contributed by atoms with Gasteiger partial charge in [0.25, 0.3) is 5.91 Å². The van der Waals surface area contributed by atoms with E-state index in [1.807, 2.05) is 12.1 Å². The summed E-state index contributed by atoms with van der Waals surface area (Å²) < 4.78 is 0.995. The molecule has 2 rings (SSSR count). The maximum atomic E-state index is 12.3. The molecule has 6 heteroatoms. The van der Waals surface area contributed by atoms with Crippen LogP contribution >= 0.6 is 27.3 Å². The van der Waals surface area contributed by atoms with Crippen LogP contribution in [0.1, 0.15) is 16.1 Å². The molecular weight excluding hydrogens is 314 g/mol. The highest BCUT2D eigenvalue weighted by Gasteiger charge is 2.15. The number of aromatic nitrogens is 1. The van der Waals surface area contributed by atoms with E-state index in [1.54, 1.807) is 30.3 Å². The minimum absolute atomic E-state index is 0.0681. The number of amides is 1. The average molecular weight is 326 g/mol. The van der Waals surface area contributed by atoms with E-state index < -0.39 is 0 Å². The van der Waals surface area contributed by atoms with E-state index in [4.69, 9.17) is 5.73 Å². The van der Waals surface area contributed by atoms with Crippen LogP contribution in [0.2, 0.25) is 0 Å². The van der Waals surface area contributed by atoms with Gasteiger partial charge in [0, 0.05) is 25.4 Å². The van der Waals surface area contributed by atoms with Crippen LogP contribution in [0.4, 0.5) is 5.00 Å². The number of nitrogens with zero attached hydrogens (tertiary/aromatic N) is 2. The number of anilines is 1. The van der Waals surface area contributed by atoms with E-state index >= 15 is 0 Å². The summed E-state index contributed by atoms with van der Waals surface area (Å²) in [4.78, 5) is 18.0. The number of hydrogen-bond donors (Lipinski definition) is 1. The molecule has 0 aliphatic heterocycles. The number of rotatable bonds is 3. The molecule has 0 unspecified atom stereocenters. The molecule has 2 aromatic heterocycles. The molecule has 1 amide bonds. The van der Waals surface area contributed by atoms with Crippen LogP contribution < -0.4 is 10.6 Å². The summed E-state index contributed by atoms with van der Waals surface area (Å²) in [5.41, 5.74) is 6.82. The van der Waals surface area contributed by atoms with Crippen molar-refractivity contribution in [3.8, 4) is 0 Å². The Hall–Kier alpha value is -1.24. The van der Waals surface area contributed by atoms with Gasteiger partial charge in [-0.2, -0.15) is 0 Å². The first kappa shape index (κ1) is 13.2. The highest BCUT2D eigenvalue weighted by atomic mass is 79.9. The predicted molar refractivity (Wildman–Crippen MR) is 76.9 cm³/mol. The second-order valence-corrected chi connectivity index (χ2v) is 6.12. The first-order valence-corrected chi connectivity index (χ1v) is 6.91. The van der Waals surface area contributed by atoms with Crippen LogP contribution in [0.25, 0.3) is 0 Å². The van der Waals surface area contributed by atoms with Crippen LogP contribution in [0, 0.1) is 0 Å². The Labute approximate surface area is 118 Å². The molecule has 0 saturated heterocycles. The lowest BCUT2D eigenvalue weighted by molar-refractivity contribution is 0.0993. The molecule has 0 radical (unpaired) electrons. The molecule has 2 aromatic rings. The van der Waals surface area contributed by atoms with Gasteiger partial charge in [-0.1, -0.05) is 0 Å². The standard InChI is InChI=1S/C12H12BrN3OS/c1-16(11-3-2-10(13)18-11)12(17)8-4-5-15-9(6-8)7-14/h2-6H,7,14H2,1H3. The molecule has 2 N–H and O–H groups in total. The number of carbonyl (C=O) groups is 1. The van der Waals surface area contributed by atoms with Gasteiger partial charge >= 0.3 is 0 Å². The number of nitrogens with two attached hydrogens (primary N) is 1. The third-order valence-corrected chi connectivity index (χ3v) is 4.17. The molecule has 0 fully saturated rings. The third-order valence-electron chi connectivity index (χ3n) is 2.47. The summed E-state index contributed by atoms with van der Waals surface area (Å²) in [5, 5.41) is 0.887. The first-order chi connectivity index (χ1) is 8.61. The second kappa shape index (κ2) is 5.60. The fourth-order valence-electron chi connectivity index (χ4n) is 1.50. The van der Waals surface area contributed by atoms with E-state index in [2.05, 4.69) is 20.9 Å². The van der Waals surface area contributed by atoms with E-state index in [1.165, 1.54) is 11.3 Å². The van der Waals surface area contributed by atoms with Crippen molar-refractivity contribution >= 4 is 38.2 Å². The van der Waals surface area contributed by atoms with Crippen molar-refractivity contribution in [3.63, 3.8) is 0 Å². The molecule has 4 nitrogen and oxygen atoms in total. The molecule has 94 valence electrons. The van der Waals surface area contributed by atoms with Crippen molar-refractivity contribution in [1.82, 2.24) is 4.98 Å². The first-order valence-electron chi connectivity index (χ1n) is 5.30. The molecule has 0 aliphatic carbocycles. The van der Waals surface area contributed by atoms with Crippen molar-refractivity contribution < 1.29 is 4.79 Å². The number of pyridine rings is 1. The largest absolute Gasteiger partial charge is 0.325 e. The van der Waals surface area contributed by atoms with Gasteiger partial charge in [-0.25, -0.2) is 0 Å². The van der Waals surface area contributed by atoms with Gasteiger partial charge in [-0.15, -0.1) is 11.3 Å². The molecule has 0 atom stereocenters. The van der Waals surface area contributed by atoms with E-state index in [0.29, 0.717) is 17.8 Å². The van der Waals surface area contributed by atoms with Gasteiger partial charge < -0.3 is 10.6 Å². The number of carbonyl (C=O) groups excluding carboxylic acids is 1. The fourth-order valence-corrected chi connectivity index (χ4v) is 2.82. The zero-order chi connectivity index (χ0) is 13.1. The van der Waals surface area contributed by atoms with Crippen molar-refractivity contribution in [1.29, 1.82) is 0 Å². The number of hydrogen-bond acceptors (Lipinski definition) is 4. The summed E-state index contributed by atoms with van der Waals surface area (Å²) in [6.45, 7) is 0.329. The van der Waals surface area contributed by atoms with Crippen LogP contribution in [0.3, 0.4) is 0 Å². The summed E-state index contributed by atoms with van der Waals surface area (Å²) in [7, 11) is 1.75. The smallest absolute Gasteiger partial charge is 0.258 e. The van der Waals surface area contributed by atoms with Gasteiger partial charge in [0.1, 0.15) is 0 Å². The average Bonchev–Trinajstić information content (AvgIpc) is 2.83. The zero-order valence-corrected chi connectivity index (χ0v) is 12.2. The van der Waals surface area contributed by atoms with E-state index in [-0.39, 0.29) is 5.91 Å². The fraction of sp³-hybridized carbons (Fsp3) is 0.167. The van der Waals surface area contributed by atoms with Gasteiger partial charge in [-0.3, -0.25) is 9.78 Å². The molecule has 0 spiro atoms. The molecule has 0 aromatic carbocycles. The molecule has 18 heavy (non-hydrogen) atoms. The lowest BCUT2D eigenvalue weighted by Crippen LogP contribution is -2.25. The molecular formula is C12H12BrN3OS. The molecule has 0 saturated carbocycles. The summed E-state index contributed by atoms with van der Waals surface area (Å²) in [6, 6.07) is 7.24. The minimum atomic E-state index is -0.0681. The monoisotopic (exact) mass is 325 g/mol. The number of thiophene rings is 1. The van der Waals surface area contributed by atoms with Gasteiger partial charge in [-0.05, 0) is 40.2 Å². The lowest BCUT2D eigenvalue weighted by Gasteiger charge is -2.15. The molecule has 0 aliphatic rings. The Kier molecular flexibility index (Phi) is 4.11. The Bertz CT molecular complexity index is 570. The lowest BCUT2D eigenvalue weighted by atomic mass is 10.2. The van der Waals surface area contributed by atoms with Gasteiger partial charge in [0.2, 0.25) is 0 Å². The van der Waals surface area contributed by atoms with Crippen LogP contribution in [0.5, 0.6) is 0 Å². The zero-order valence-electron chi connectivity index (χ0n) is 9.76. The predicted octanol–water partition coefficient (Wildman–Crippen LogP) is 2.64. The van der Waals surface area contributed by atoms with Crippen molar-refractivity contribution in [3.05, 3.63) is 45.5 Å². The highest BCUT2D eigenvalue weighted by molar-refractivity contribution is 9.11. The van der Waals surface area contributed by atoms with Gasteiger partial charge in [0.15, 0.2) is 0 Å². The van der Waals surface area contributed by atoms with Gasteiger partial charge in [0.05, 0.1) is 14.5 Å². The highest BCUT2D eigenvalue weighted by Crippen LogP contribution is 2.29. The van der Waals surface area contributed by atoms with Crippen molar-refractivity contribution in [2.45, 2.75) is 6.54 Å². The Morgan fingerprint density at radius 3 is 2.89 bits per heavy atom. The van der Waals surface area contributed by atoms with E-state index in [9.17, 15) is 4.79 Å². The maximum absolute atomic E-state index is 12.3. The summed E-state index contributed by atoms with van der Waals surface area (Å²) in [5.74, 6) is -0.0681. The SMILES string of the molecule is CN(C(=O)c1ccnc(CN)c1)c1ccc(Br)s1. The second-order valence-electron chi connectivity index (χ2n) is 3.68. The summed E-state index contributed by atoms with van der Waals surface area (Å²) in [6.07, 6.45) is 1.60.